The van der Waals surface area contributed by atoms with Gasteiger partial charge in [-0.2, -0.15) is 10.2 Å². The summed E-state index contributed by atoms with van der Waals surface area (Å²) < 4.78 is 14.2. The van der Waals surface area contributed by atoms with Crippen LogP contribution < -0.4 is 15.8 Å². The van der Waals surface area contributed by atoms with Crippen molar-refractivity contribution in [3.8, 4) is 28.3 Å². The Labute approximate surface area is 177 Å². The predicted octanol–water partition coefficient (Wildman–Crippen LogP) is 3.43. The van der Waals surface area contributed by atoms with Gasteiger partial charge in [0.15, 0.2) is 11.6 Å². The van der Waals surface area contributed by atoms with Gasteiger partial charge in [-0.1, -0.05) is 11.2 Å². The van der Waals surface area contributed by atoms with Crippen molar-refractivity contribution < 1.29 is 9.26 Å². The van der Waals surface area contributed by atoms with Gasteiger partial charge in [0.1, 0.15) is 29.0 Å². The topological polar surface area (TPSA) is 121 Å². The van der Waals surface area contributed by atoms with Crippen molar-refractivity contribution >= 4 is 22.8 Å². The number of anilines is 3. The molecule has 0 aliphatic rings. The fourth-order valence-electron chi connectivity index (χ4n) is 3.55. The first-order valence-corrected chi connectivity index (χ1v) is 9.54. The van der Waals surface area contributed by atoms with E-state index >= 15 is 0 Å². The summed E-state index contributed by atoms with van der Waals surface area (Å²) in [5.41, 5.74) is 11.1. The van der Waals surface area contributed by atoms with Crippen LogP contribution in [0.5, 0.6) is 5.75 Å². The van der Waals surface area contributed by atoms with E-state index in [4.69, 9.17) is 15.0 Å². The molecule has 5 aromatic rings. The van der Waals surface area contributed by atoms with E-state index in [0.29, 0.717) is 22.9 Å². The molecule has 0 radical (unpaired) electrons. The van der Waals surface area contributed by atoms with Gasteiger partial charge < -0.3 is 20.3 Å². The zero-order chi connectivity index (χ0) is 21.5. The summed E-state index contributed by atoms with van der Waals surface area (Å²) in [6.45, 7) is 1.84. The lowest BCUT2D eigenvalue weighted by atomic mass is 10.1. The lowest BCUT2D eigenvalue weighted by Crippen LogP contribution is -2.01. The van der Waals surface area contributed by atoms with Crippen LogP contribution in [0.3, 0.4) is 0 Å². The van der Waals surface area contributed by atoms with E-state index in [0.717, 1.165) is 34.0 Å². The van der Waals surface area contributed by atoms with E-state index in [2.05, 4.69) is 25.7 Å². The number of nitrogens with one attached hydrogen (secondary N) is 1. The Balaban J connectivity index is 1.63. The van der Waals surface area contributed by atoms with Gasteiger partial charge in [-0.25, -0.2) is 9.50 Å². The van der Waals surface area contributed by atoms with Crippen LogP contribution in [0.2, 0.25) is 0 Å². The number of aromatic nitrogens is 6. The Morgan fingerprint density at radius 1 is 1.16 bits per heavy atom. The Morgan fingerprint density at radius 3 is 2.74 bits per heavy atom. The number of methoxy groups -OCH3 is 1. The molecular formula is C21H20N8O2. The number of aryl methyl sites for hydroxylation is 2. The molecule has 0 amide bonds. The molecule has 10 heteroatoms. The summed E-state index contributed by atoms with van der Waals surface area (Å²) in [6.07, 6.45) is 3.32. The highest BCUT2D eigenvalue weighted by Gasteiger charge is 2.19. The third-order valence-corrected chi connectivity index (χ3v) is 4.96. The van der Waals surface area contributed by atoms with Crippen molar-refractivity contribution in [2.24, 2.45) is 7.05 Å². The molecule has 0 aliphatic heterocycles. The molecular weight excluding hydrogens is 396 g/mol. The minimum absolute atomic E-state index is 0.381. The normalized spacial score (nSPS) is 11.2. The van der Waals surface area contributed by atoms with Crippen LogP contribution in [0.15, 0.2) is 53.4 Å². The van der Waals surface area contributed by atoms with Crippen LogP contribution in [0.1, 0.15) is 5.76 Å². The molecule has 10 nitrogen and oxygen atoms in total. The SMILES string of the molecule is COc1cc(-c2cc(-c3ccn(C)n3)n3ncnc(N)c23)ccc1Nc1cc(C)on1. The molecule has 0 atom stereocenters. The molecule has 0 spiro atoms. The van der Waals surface area contributed by atoms with Crippen LogP contribution in [-0.4, -0.2) is 36.6 Å². The van der Waals surface area contributed by atoms with Crippen LogP contribution in [-0.2, 0) is 7.05 Å². The van der Waals surface area contributed by atoms with Crippen molar-refractivity contribution in [1.82, 2.24) is 29.5 Å². The summed E-state index contributed by atoms with van der Waals surface area (Å²) in [5, 5.41) is 16.1. The van der Waals surface area contributed by atoms with E-state index in [-0.39, 0.29) is 0 Å². The minimum atomic E-state index is 0.381. The minimum Gasteiger partial charge on any atom is -0.495 e. The Morgan fingerprint density at radius 2 is 2.03 bits per heavy atom. The molecule has 4 heterocycles. The molecule has 1 aromatic carbocycles. The van der Waals surface area contributed by atoms with Gasteiger partial charge in [-0.15, -0.1) is 0 Å². The maximum Gasteiger partial charge on any atom is 0.174 e. The van der Waals surface area contributed by atoms with Crippen LogP contribution >= 0.6 is 0 Å². The first-order valence-electron chi connectivity index (χ1n) is 9.54. The van der Waals surface area contributed by atoms with Gasteiger partial charge in [0.2, 0.25) is 0 Å². The molecule has 156 valence electrons. The average molecular weight is 416 g/mol. The number of nitrogens with two attached hydrogens (primary N) is 1. The Hall–Kier alpha value is -4.34. The monoisotopic (exact) mass is 416 g/mol. The number of nitrogen functional groups attached to an aromatic ring is 1. The van der Waals surface area contributed by atoms with Crippen LogP contribution in [0, 0.1) is 6.92 Å². The quantitative estimate of drug-likeness (QED) is 0.447. The standard InChI is InChI=1S/C21H20N8O2/c1-12-8-19(27-31-12)25-16-5-4-13(9-18(16)30-3)14-10-17(15-6-7-28(2)26-15)29-20(14)21(22)23-11-24-29/h4-11H,1-3H3,(H,25,27)(H2,22,23,24). The fourth-order valence-corrected chi connectivity index (χ4v) is 3.55. The van der Waals surface area contributed by atoms with Gasteiger partial charge in [0, 0.05) is 24.9 Å². The molecule has 0 saturated heterocycles. The van der Waals surface area contributed by atoms with E-state index in [1.54, 1.807) is 16.3 Å². The predicted molar refractivity (Wildman–Crippen MR) is 116 cm³/mol. The van der Waals surface area contributed by atoms with Gasteiger partial charge in [0.25, 0.3) is 0 Å². The van der Waals surface area contributed by atoms with E-state index < -0.39 is 0 Å². The number of rotatable bonds is 5. The fraction of sp³-hybridized carbons (Fsp3) is 0.143. The van der Waals surface area contributed by atoms with Crippen molar-refractivity contribution in [2.45, 2.75) is 6.92 Å². The van der Waals surface area contributed by atoms with Gasteiger partial charge in [-0.05, 0) is 36.8 Å². The summed E-state index contributed by atoms with van der Waals surface area (Å²) in [6, 6.07) is 11.6. The van der Waals surface area contributed by atoms with Gasteiger partial charge in [-0.3, -0.25) is 4.68 Å². The molecule has 3 N–H and O–H groups in total. The van der Waals surface area contributed by atoms with E-state index in [1.165, 1.54) is 6.33 Å². The van der Waals surface area contributed by atoms with E-state index in [1.807, 2.05) is 56.6 Å². The number of hydrogen-bond donors (Lipinski definition) is 2. The molecule has 5 rings (SSSR count). The highest BCUT2D eigenvalue weighted by Crippen LogP contribution is 2.38. The summed E-state index contributed by atoms with van der Waals surface area (Å²) in [4.78, 5) is 4.18. The van der Waals surface area contributed by atoms with Crippen molar-refractivity contribution in [2.75, 3.05) is 18.2 Å². The Bertz CT molecular complexity index is 1400. The summed E-state index contributed by atoms with van der Waals surface area (Å²) >= 11 is 0. The lowest BCUT2D eigenvalue weighted by molar-refractivity contribution is 0.400. The number of hydrogen-bond acceptors (Lipinski definition) is 8. The number of fused-ring (bicyclic) bond motifs is 1. The van der Waals surface area contributed by atoms with Crippen molar-refractivity contribution in [1.29, 1.82) is 0 Å². The zero-order valence-corrected chi connectivity index (χ0v) is 17.2. The van der Waals surface area contributed by atoms with Gasteiger partial charge >= 0.3 is 0 Å². The summed E-state index contributed by atoms with van der Waals surface area (Å²) in [5.74, 6) is 2.35. The highest BCUT2D eigenvalue weighted by molar-refractivity contribution is 5.92. The highest BCUT2D eigenvalue weighted by atomic mass is 16.5. The smallest absolute Gasteiger partial charge is 0.174 e. The Kier molecular flexibility index (Phi) is 4.32. The summed E-state index contributed by atoms with van der Waals surface area (Å²) in [7, 11) is 3.49. The maximum atomic E-state index is 6.24. The second kappa shape index (κ2) is 7.17. The second-order valence-corrected chi connectivity index (χ2v) is 7.09. The second-order valence-electron chi connectivity index (χ2n) is 7.09. The molecule has 31 heavy (non-hydrogen) atoms. The third-order valence-electron chi connectivity index (χ3n) is 4.96. The molecule has 0 bridgehead atoms. The van der Waals surface area contributed by atoms with Crippen molar-refractivity contribution in [3.05, 3.63) is 54.7 Å². The van der Waals surface area contributed by atoms with Gasteiger partial charge in [0.05, 0.1) is 18.5 Å². The van der Waals surface area contributed by atoms with Crippen LogP contribution in [0.25, 0.3) is 28.0 Å². The number of benzene rings is 1. The largest absolute Gasteiger partial charge is 0.495 e. The number of nitrogens with zero attached hydrogens (tertiary/aromatic N) is 6. The first-order chi connectivity index (χ1) is 15.0. The third kappa shape index (κ3) is 3.23. The lowest BCUT2D eigenvalue weighted by Gasteiger charge is -2.11. The molecule has 4 aromatic heterocycles. The number of ether oxygens (including phenoxy) is 1. The molecule has 0 fully saturated rings. The molecule has 0 saturated carbocycles. The zero-order valence-electron chi connectivity index (χ0n) is 17.2. The molecule has 0 unspecified atom stereocenters. The first kappa shape index (κ1) is 18.7. The molecule has 0 aliphatic carbocycles. The van der Waals surface area contributed by atoms with Crippen LogP contribution in [0.4, 0.5) is 17.3 Å². The maximum absolute atomic E-state index is 6.24. The average Bonchev–Trinajstić information content (AvgIpc) is 3.47. The van der Waals surface area contributed by atoms with Crippen molar-refractivity contribution in [3.63, 3.8) is 0 Å². The van der Waals surface area contributed by atoms with E-state index in [9.17, 15) is 0 Å².